The normalized spacial score (nSPS) is 11.2. The Morgan fingerprint density at radius 1 is 0.964 bits per heavy atom. The summed E-state index contributed by atoms with van der Waals surface area (Å²) in [5.41, 5.74) is 5.70. The van der Waals surface area contributed by atoms with Crippen molar-refractivity contribution in [2.24, 2.45) is 0 Å². The number of carbonyl (C=O) groups is 2. The number of hydrazine groups is 1. The number of hydrogen-bond acceptors (Lipinski definition) is 5. The minimum absolute atomic E-state index is 0.114. The molecule has 0 aromatic heterocycles. The van der Waals surface area contributed by atoms with Crippen molar-refractivity contribution < 1.29 is 23.8 Å². The lowest BCUT2D eigenvalue weighted by Crippen LogP contribution is -2.47. The quantitative estimate of drug-likeness (QED) is 0.647. The van der Waals surface area contributed by atoms with Crippen molar-refractivity contribution in [3.8, 4) is 17.2 Å². The summed E-state index contributed by atoms with van der Waals surface area (Å²) in [6.45, 7) is 6.22. The number of nitrogens with one attached hydrogen (secondary N) is 2. The number of carbonyl (C=O) groups excluding carboxylic acids is 2. The highest BCUT2D eigenvalue weighted by Crippen LogP contribution is 2.18. The third-order valence-corrected chi connectivity index (χ3v) is 3.82. The van der Waals surface area contributed by atoms with E-state index < -0.39 is 12.0 Å². The van der Waals surface area contributed by atoms with Gasteiger partial charge in [-0.25, -0.2) is 0 Å². The maximum absolute atomic E-state index is 12.1. The molecule has 0 spiro atoms. The molecule has 2 rings (SSSR count). The zero-order chi connectivity index (χ0) is 20.4. The molecule has 0 bridgehead atoms. The van der Waals surface area contributed by atoms with Gasteiger partial charge < -0.3 is 14.2 Å². The molecular formula is C21H26N2O5. The van der Waals surface area contributed by atoms with Gasteiger partial charge in [0.15, 0.2) is 6.10 Å². The van der Waals surface area contributed by atoms with Gasteiger partial charge in [-0.1, -0.05) is 18.2 Å². The lowest BCUT2D eigenvalue weighted by molar-refractivity contribution is -0.132. The average Bonchev–Trinajstić information content (AvgIpc) is 2.69. The summed E-state index contributed by atoms with van der Waals surface area (Å²) < 4.78 is 16.5. The van der Waals surface area contributed by atoms with Crippen molar-refractivity contribution >= 4 is 11.8 Å². The van der Waals surface area contributed by atoms with Crippen LogP contribution in [0.2, 0.25) is 0 Å². The lowest BCUT2D eigenvalue weighted by atomic mass is 10.2. The fourth-order valence-electron chi connectivity index (χ4n) is 2.31. The van der Waals surface area contributed by atoms with E-state index in [4.69, 9.17) is 14.2 Å². The molecule has 2 amide bonds. The first-order valence-corrected chi connectivity index (χ1v) is 9.16. The summed E-state index contributed by atoms with van der Waals surface area (Å²) in [5.74, 6) is 1.19. The van der Waals surface area contributed by atoms with Crippen molar-refractivity contribution in [3.05, 3.63) is 54.1 Å². The fourth-order valence-corrected chi connectivity index (χ4v) is 2.31. The highest BCUT2D eigenvalue weighted by Gasteiger charge is 2.15. The minimum Gasteiger partial charge on any atom is -0.494 e. The highest BCUT2D eigenvalue weighted by molar-refractivity contribution is 5.84. The second-order valence-electron chi connectivity index (χ2n) is 6.07. The Morgan fingerprint density at radius 3 is 2.32 bits per heavy atom. The van der Waals surface area contributed by atoms with Gasteiger partial charge in [0.05, 0.1) is 19.6 Å². The van der Waals surface area contributed by atoms with Crippen molar-refractivity contribution in [1.29, 1.82) is 0 Å². The van der Waals surface area contributed by atoms with Crippen molar-refractivity contribution in [2.45, 2.75) is 33.3 Å². The summed E-state index contributed by atoms with van der Waals surface area (Å²) >= 11 is 0. The van der Waals surface area contributed by atoms with Gasteiger partial charge in [0.25, 0.3) is 5.91 Å². The van der Waals surface area contributed by atoms with E-state index in [1.807, 2.05) is 38.1 Å². The molecule has 0 saturated carbocycles. The summed E-state index contributed by atoms with van der Waals surface area (Å²) in [5, 5.41) is 0. The molecule has 1 atom stereocenters. The molecule has 0 saturated heterocycles. The fraction of sp³-hybridized carbons (Fsp3) is 0.333. The van der Waals surface area contributed by atoms with E-state index in [0.717, 1.165) is 17.1 Å². The summed E-state index contributed by atoms with van der Waals surface area (Å²) in [4.78, 5) is 23.9. The van der Waals surface area contributed by atoms with Gasteiger partial charge >= 0.3 is 0 Å². The van der Waals surface area contributed by atoms with Gasteiger partial charge in [-0.15, -0.1) is 0 Å². The predicted molar refractivity (Wildman–Crippen MR) is 105 cm³/mol. The SMILES string of the molecule is CCOc1ccc(OC(C)C(=O)NNC(=O)CCOc2ccccc2C)cc1. The van der Waals surface area contributed by atoms with Crippen LogP contribution in [0, 0.1) is 6.92 Å². The van der Waals surface area contributed by atoms with E-state index in [9.17, 15) is 9.59 Å². The average molecular weight is 386 g/mol. The first-order chi connectivity index (χ1) is 13.5. The first kappa shape index (κ1) is 21.1. The molecule has 2 N–H and O–H groups in total. The Bertz CT molecular complexity index is 777. The van der Waals surface area contributed by atoms with Crippen molar-refractivity contribution in [1.82, 2.24) is 10.9 Å². The summed E-state index contributed by atoms with van der Waals surface area (Å²) in [6, 6.07) is 14.5. The highest BCUT2D eigenvalue weighted by atomic mass is 16.5. The number of rotatable bonds is 9. The molecule has 2 aromatic rings. The van der Waals surface area contributed by atoms with E-state index in [-0.39, 0.29) is 18.9 Å². The molecular weight excluding hydrogens is 360 g/mol. The zero-order valence-corrected chi connectivity index (χ0v) is 16.4. The Morgan fingerprint density at radius 2 is 1.64 bits per heavy atom. The van der Waals surface area contributed by atoms with Crippen LogP contribution in [0.5, 0.6) is 17.2 Å². The molecule has 150 valence electrons. The number of amides is 2. The molecule has 7 heteroatoms. The van der Waals surface area contributed by atoms with Gasteiger partial charge in [0.1, 0.15) is 17.2 Å². The Labute approximate surface area is 165 Å². The molecule has 7 nitrogen and oxygen atoms in total. The molecule has 0 aliphatic rings. The van der Waals surface area contributed by atoms with Crippen LogP contribution >= 0.6 is 0 Å². The third kappa shape index (κ3) is 6.83. The number of para-hydroxylation sites is 1. The summed E-state index contributed by atoms with van der Waals surface area (Å²) in [6.07, 6.45) is -0.663. The van der Waals surface area contributed by atoms with Crippen LogP contribution in [0.15, 0.2) is 48.5 Å². The van der Waals surface area contributed by atoms with Crippen LogP contribution in [-0.4, -0.2) is 31.1 Å². The molecule has 0 heterocycles. The standard InChI is InChI=1S/C21H26N2O5/c1-4-26-17-9-11-18(12-10-17)28-16(3)21(25)23-22-20(24)13-14-27-19-8-6-5-7-15(19)2/h5-12,16H,4,13-14H2,1-3H3,(H,22,24)(H,23,25). The largest absolute Gasteiger partial charge is 0.494 e. The lowest BCUT2D eigenvalue weighted by Gasteiger charge is -2.15. The van der Waals surface area contributed by atoms with Gasteiger partial charge in [0, 0.05) is 0 Å². The van der Waals surface area contributed by atoms with E-state index in [2.05, 4.69) is 10.9 Å². The second-order valence-corrected chi connectivity index (χ2v) is 6.07. The van der Waals surface area contributed by atoms with Gasteiger partial charge in [0.2, 0.25) is 5.91 Å². The van der Waals surface area contributed by atoms with Crippen molar-refractivity contribution in [2.75, 3.05) is 13.2 Å². The first-order valence-electron chi connectivity index (χ1n) is 9.16. The van der Waals surface area contributed by atoms with Crippen LogP contribution in [0.1, 0.15) is 25.8 Å². The smallest absolute Gasteiger partial charge is 0.279 e. The Kier molecular flexibility index (Phi) is 8.14. The topological polar surface area (TPSA) is 85.9 Å². The molecule has 0 aliphatic carbocycles. The monoisotopic (exact) mass is 386 g/mol. The second kappa shape index (κ2) is 10.8. The number of benzene rings is 2. The van der Waals surface area contributed by atoms with Crippen LogP contribution in [-0.2, 0) is 9.59 Å². The van der Waals surface area contributed by atoms with Crippen LogP contribution in [0.3, 0.4) is 0 Å². The van der Waals surface area contributed by atoms with Crippen LogP contribution in [0.4, 0.5) is 0 Å². The number of aryl methyl sites for hydroxylation is 1. The Balaban J connectivity index is 1.68. The van der Waals surface area contributed by atoms with E-state index in [0.29, 0.717) is 12.4 Å². The number of ether oxygens (including phenoxy) is 3. The predicted octanol–water partition coefficient (Wildman–Crippen LogP) is 2.78. The maximum Gasteiger partial charge on any atom is 0.279 e. The summed E-state index contributed by atoms with van der Waals surface area (Å²) in [7, 11) is 0. The third-order valence-electron chi connectivity index (χ3n) is 3.82. The van der Waals surface area contributed by atoms with Gasteiger partial charge in [-0.2, -0.15) is 0 Å². The van der Waals surface area contributed by atoms with Crippen molar-refractivity contribution in [3.63, 3.8) is 0 Å². The number of hydrogen-bond donors (Lipinski definition) is 2. The Hall–Kier alpha value is -3.22. The molecule has 0 radical (unpaired) electrons. The minimum atomic E-state index is -0.776. The molecule has 0 fully saturated rings. The molecule has 1 unspecified atom stereocenters. The van der Waals surface area contributed by atoms with Gasteiger partial charge in [-0.3, -0.25) is 20.4 Å². The zero-order valence-electron chi connectivity index (χ0n) is 16.4. The maximum atomic E-state index is 12.1. The molecule has 28 heavy (non-hydrogen) atoms. The van der Waals surface area contributed by atoms with Crippen LogP contribution in [0.25, 0.3) is 0 Å². The van der Waals surface area contributed by atoms with E-state index in [1.165, 1.54) is 0 Å². The van der Waals surface area contributed by atoms with Gasteiger partial charge in [-0.05, 0) is 56.7 Å². The molecule has 0 aliphatic heterocycles. The van der Waals surface area contributed by atoms with Crippen LogP contribution < -0.4 is 25.1 Å². The van der Waals surface area contributed by atoms with E-state index in [1.54, 1.807) is 31.2 Å². The molecule has 2 aromatic carbocycles. The van der Waals surface area contributed by atoms with E-state index >= 15 is 0 Å².